The highest BCUT2D eigenvalue weighted by Gasteiger charge is 2.48. The van der Waals surface area contributed by atoms with Crippen molar-refractivity contribution >= 4 is 11.4 Å². The summed E-state index contributed by atoms with van der Waals surface area (Å²) in [7, 11) is 0. The summed E-state index contributed by atoms with van der Waals surface area (Å²) in [5, 5.41) is 19.4. The van der Waals surface area contributed by atoms with E-state index in [0.29, 0.717) is 17.1 Å². The lowest BCUT2D eigenvalue weighted by molar-refractivity contribution is -0.167. The molecule has 8 nitrogen and oxygen atoms in total. The molecule has 0 amide bonds. The minimum atomic E-state index is -5.55. The van der Waals surface area contributed by atoms with Crippen LogP contribution in [0, 0.1) is 49.7 Å². The van der Waals surface area contributed by atoms with Gasteiger partial charge < -0.3 is 0 Å². The van der Waals surface area contributed by atoms with Gasteiger partial charge >= 0.3 is 12.4 Å². The Hall–Kier alpha value is -5.34. The van der Waals surface area contributed by atoms with Crippen molar-refractivity contribution in [3.05, 3.63) is 78.6 Å². The molecule has 0 saturated heterocycles. The van der Waals surface area contributed by atoms with Crippen molar-refractivity contribution in [3.63, 3.8) is 0 Å². The summed E-state index contributed by atoms with van der Waals surface area (Å²) >= 11 is 0. The summed E-state index contributed by atoms with van der Waals surface area (Å²) in [6.45, 7) is 18.5. The van der Waals surface area contributed by atoms with Gasteiger partial charge in [-0.25, -0.2) is 35.2 Å². The number of fused-ring (bicyclic) bond motifs is 6. The molecule has 2 aliphatic rings. The van der Waals surface area contributed by atoms with Crippen LogP contribution in [0.5, 0.6) is 0 Å². The predicted octanol–water partition coefficient (Wildman–Crippen LogP) is 4.17. The Bertz CT molecular complexity index is 1960. The van der Waals surface area contributed by atoms with Gasteiger partial charge in [-0.2, -0.15) is 26.3 Å². The smallest absolute Gasteiger partial charge is 0.254 e. The van der Waals surface area contributed by atoms with Crippen LogP contribution in [0.25, 0.3) is 43.6 Å². The Morgan fingerprint density at radius 1 is 0.700 bits per heavy atom. The van der Waals surface area contributed by atoms with Crippen LogP contribution in [0.1, 0.15) is 45.3 Å². The van der Waals surface area contributed by atoms with Crippen molar-refractivity contribution in [2.24, 2.45) is 0 Å². The number of aromatic nitrogens is 4. The number of alkyl halides is 6. The molecule has 2 aromatic heterocycles. The summed E-state index contributed by atoms with van der Waals surface area (Å²) in [5.41, 5.74) is -5.00. The highest BCUT2D eigenvalue weighted by molar-refractivity contribution is 5.90. The van der Waals surface area contributed by atoms with Crippen LogP contribution in [0.2, 0.25) is 0 Å². The quantitative estimate of drug-likeness (QED) is 0.213. The maximum Gasteiger partial charge on any atom is 0.435 e. The summed E-state index contributed by atoms with van der Waals surface area (Å²) in [6.07, 6.45) is -11.7. The van der Waals surface area contributed by atoms with Gasteiger partial charge in [0.1, 0.15) is 0 Å². The molecule has 0 atom stereocenters. The fourth-order valence-corrected chi connectivity index (χ4v) is 5.02. The summed E-state index contributed by atoms with van der Waals surface area (Å²) < 4.78 is 82.3. The van der Waals surface area contributed by atoms with Gasteiger partial charge in [0.05, 0.1) is 59.4 Å². The van der Waals surface area contributed by atoms with Crippen LogP contribution >= 0.6 is 0 Å². The van der Waals surface area contributed by atoms with E-state index in [1.54, 1.807) is 26.0 Å². The Morgan fingerprint density at radius 3 is 1.52 bits per heavy atom. The van der Waals surface area contributed by atoms with E-state index in [2.05, 4.69) is 29.6 Å². The van der Waals surface area contributed by atoms with Crippen molar-refractivity contribution < 1.29 is 26.3 Å². The van der Waals surface area contributed by atoms with Crippen molar-refractivity contribution in [2.75, 3.05) is 0 Å². The zero-order valence-corrected chi connectivity index (χ0v) is 20.3. The maximum absolute atomic E-state index is 13.8. The molecular weight excluding hydrogens is 538 g/mol. The van der Waals surface area contributed by atoms with Gasteiger partial charge in [0, 0.05) is 34.4 Å². The van der Waals surface area contributed by atoms with E-state index in [1.807, 2.05) is 0 Å². The Kier molecular flexibility index (Phi) is 5.64. The molecule has 0 aliphatic heterocycles. The molecule has 0 N–H and O–H groups in total. The molecule has 14 heteroatoms. The molecule has 2 heterocycles. The molecule has 5 rings (SSSR count). The van der Waals surface area contributed by atoms with Crippen LogP contribution in [-0.4, -0.2) is 19.9 Å². The van der Waals surface area contributed by atoms with Crippen molar-refractivity contribution in [1.29, 1.82) is 10.5 Å². The molecule has 196 valence electrons. The molecule has 0 bridgehead atoms. The van der Waals surface area contributed by atoms with Crippen molar-refractivity contribution in [3.8, 4) is 34.7 Å². The largest absolute Gasteiger partial charge is 0.435 e. The van der Waals surface area contributed by atoms with E-state index in [0.717, 1.165) is 0 Å². The summed E-state index contributed by atoms with van der Waals surface area (Å²) in [6, 6.07) is 3.44. The van der Waals surface area contributed by atoms with Gasteiger partial charge in [-0.05, 0) is 25.0 Å². The first-order valence-corrected chi connectivity index (χ1v) is 11.2. The lowest BCUT2D eigenvalue weighted by atomic mass is 9.92. The van der Waals surface area contributed by atoms with E-state index < -0.39 is 52.9 Å². The predicted molar refractivity (Wildman–Crippen MR) is 124 cm³/mol. The van der Waals surface area contributed by atoms with Crippen molar-refractivity contribution in [2.45, 2.75) is 39.0 Å². The monoisotopic (exact) mass is 548 g/mol. The molecule has 0 radical (unpaired) electrons. The fraction of sp³-hybridized carbons (Fsp3) is 0.231. The Morgan fingerprint density at radius 2 is 1.10 bits per heavy atom. The Balaban J connectivity index is 2.08. The number of hydrogen-bond donors (Lipinski definition) is 0. The third-order valence-corrected chi connectivity index (χ3v) is 6.66. The van der Waals surface area contributed by atoms with Crippen LogP contribution in [0.3, 0.4) is 0 Å². The minimum Gasteiger partial charge on any atom is -0.254 e. The number of rotatable bonds is 0. The van der Waals surface area contributed by atoms with E-state index in [1.165, 1.54) is 0 Å². The molecule has 2 aliphatic carbocycles. The molecule has 40 heavy (non-hydrogen) atoms. The number of halogens is 6. The molecular formula is C26H10F6N8. The maximum atomic E-state index is 13.8. The van der Waals surface area contributed by atoms with E-state index in [-0.39, 0.29) is 44.8 Å². The second-order valence-electron chi connectivity index (χ2n) is 8.86. The SMILES string of the molecule is [C-]#[N+]/C(C#N)=c1/c2c(/c(=C(\C#N)[N+]#[C-])c3c1-c1nc(C)c(C)nc1C3)-c1nc(C(F)(F)F)c(C(F)(F)F)nc1C2. The van der Waals surface area contributed by atoms with Gasteiger partial charge in [0.15, 0.2) is 11.4 Å². The summed E-state index contributed by atoms with van der Waals surface area (Å²) in [4.78, 5) is 22.2. The molecule has 3 aromatic rings. The highest BCUT2D eigenvalue weighted by Crippen LogP contribution is 2.43. The highest BCUT2D eigenvalue weighted by atomic mass is 19.4. The van der Waals surface area contributed by atoms with Gasteiger partial charge in [0.25, 0.3) is 11.4 Å². The minimum absolute atomic E-state index is 0.0481. The average molecular weight is 548 g/mol. The molecule has 0 spiro atoms. The first kappa shape index (κ1) is 26.3. The Labute approximate surface area is 220 Å². The van der Waals surface area contributed by atoms with Gasteiger partial charge in [0.2, 0.25) is 0 Å². The van der Waals surface area contributed by atoms with Crippen LogP contribution in [0.15, 0.2) is 0 Å². The topological polar surface area (TPSA) is 108 Å². The number of nitriles is 2. The third kappa shape index (κ3) is 3.65. The molecule has 1 aromatic carbocycles. The molecule has 0 saturated carbocycles. The lowest BCUT2D eigenvalue weighted by Crippen LogP contribution is -2.26. The number of aryl methyl sites for hydroxylation is 2. The molecule has 0 fully saturated rings. The average Bonchev–Trinajstić information content (AvgIpc) is 3.42. The fourth-order valence-electron chi connectivity index (χ4n) is 5.02. The summed E-state index contributed by atoms with van der Waals surface area (Å²) in [5.74, 6) is 0. The van der Waals surface area contributed by atoms with Crippen LogP contribution < -0.4 is 10.4 Å². The van der Waals surface area contributed by atoms with Gasteiger partial charge in [-0.1, -0.05) is 0 Å². The number of hydrogen-bond acceptors (Lipinski definition) is 6. The van der Waals surface area contributed by atoms with E-state index in [9.17, 15) is 36.9 Å². The van der Waals surface area contributed by atoms with Crippen LogP contribution in [-0.2, 0) is 25.2 Å². The van der Waals surface area contributed by atoms with Gasteiger partial charge in [-0.3, -0.25) is 4.98 Å². The second kappa shape index (κ2) is 8.59. The lowest BCUT2D eigenvalue weighted by Gasteiger charge is -2.16. The van der Waals surface area contributed by atoms with E-state index >= 15 is 0 Å². The zero-order valence-electron chi connectivity index (χ0n) is 20.3. The van der Waals surface area contributed by atoms with E-state index in [4.69, 9.17) is 13.1 Å². The second-order valence-corrected chi connectivity index (χ2v) is 8.86. The zero-order chi connectivity index (χ0) is 29.3. The first-order valence-electron chi connectivity index (χ1n) is 11.2. The normalized spacial score (nSPS) is 14.5. The van der Waals surface area contributed by atoms with Crippen molar-refractivity contribution in [1.82, 2.24) is 19.9 Å². The van der Waals surface area contributed by atoms with Gasteiger partial charge in [-0.15, -0.1) is 0 Å². The third-order valence-electron chi connectivity index (χ3n) is 6.66. The first-order chi connectivity index (χ1) is 18.8. The standard InChI is InChI=1S/C26H10F6N8/c1-9-10(2)38-21-13(37-9)5-11-18(16(8-34)36-4)20-12(17(19(11)21)15(7-33)35-3)6-14-22(20)40-24(26(30,31)32)23(39-14)25(27,28)29/h5-6H2,1-2H3/b17-15-,18-16+. The van der Waals surface area contributed by atoms with Crippen LogP contribution in [0.4, 0.5) is 26.3 Å². The number of nitrogens with zero attached hydrogens (tertiary/aromatic N) is 8. The number of benzene rings is 1. The molecule has 0 unspecified atom stereocenters.